The maximum absolute atomic E-state index is 12.8. The number of amides is 2. The number of benzene rings is 1. The highest BCUT2D eigenvalue weighted by atomic mass is 35.5. The van der Waals surface area contributed by atoms with E-state index in [1.807, 2.05) is 0 Å². The van der Waals surface area contributed by atoms with Gasteiger partial charge in [0.1, 0.15) is 11.9 Å². The van der Waals surface area contributed by atoms with Gasteiger partial charge in [0.15, 0.2) is 0 Å². The van der Waals surface area contributed by atoms with Gasteiger partial charge in [0.05, 0.1) is 6.04 Å². The van der Waals surface area contributed by atoms with Crippen LogP contribution in [0.2, 0.25) is 0 Å². The van der Waals surface area contributed by atoms with Crippen molar-refractivity contribution in [3.8, 4) is 5.75 Å². The van der Waals surface area contributed by atoms with Crippen LogP contribution in [-0.4, -0.2) is 83.2 Å². The van der Waals surface area contributed by atoms with Crippen molar-refractivity contribution in [2.24, 2.45) is 0 Å². The van der Waals surface area contributed by atoms with E-state index in [1.54, 1.807) is 24.1 Å². The second-order valence-electron chi connectivity index (χ2n) is 8.58. The van der Waals surface area contributed by atoms with Gasteiger partial charge in [-0.05, 0) is 37.0 Å². The molecule has 3 fully saturated rings. The van der Waals surface area contributed by atoms with Crippen LogP contribution < -0.4 is 10.1 Å². The van der Waals surface area contributed by atoms with Gasteiger partial charge in [0.2, 0.25) is 0 Å². The van der Waals surface area contributed by atoms with Crippen LogP contribution in [0.4, 0.5) is 13.2 Å². The smallest absolute Gasteiger partial charge is 0.406 e. The number of likely N-dealkylation sites (N-methyl/N-ethyl adjacent to an activating group) is 1. The second kappa shape index (κ2) is 9.07. The first-order chi connectivity index (χ1) is 15.1. The number of hydrogen-bond donors (Lipinski definition) is 1. The molecule has 1 N–H and O–H groups in total. The number of piperazine rings is 1. The third-order valence-electron chi connectivity index (χ3n) is 6.46. The molecule has 32 heavy (non-hydrogen) atoms. The number of nitrogens with zero attached hydrogens (tertiary/aromatic N) is 3. The normalized spacial score (nSPS) is 28.1. The fourth-order valence-electron chi connectivity index (χ4n) is 4.85. The number of hydrogen-bond acceptors (Lipinski definition) is 5. The summed E-state index contributed by atoms with van der Waals surface area (Å²) >= 11 is 6.28. The van der Waals surface area contributed by atoms with Crippen molar-refractivity contribution < 1.29 is 27.5 Å². The van der Waals surface area contributed by atoms with Crippen LogP contribution in [0.1, 0.15) is 24.8 Å². The Morgan fingerprint density at radius 2 is 1.78 bits per heavy atom. The largest absolute Gasteiger partial charge is 0.573 e. The molecule has 3 unspecified atom stereocenters. The molecule has 1 aromatic rings. The first kappa shape index (κ1) is 23.1. The molecule has 11 heteroatoms. The number of fused-ring (bicyclic) bond motifs is 1. The lowest BCUT2D eigenvalue weighted by atomic mass is 9.93. The van der Waals surface area contributed by atoms with Gasteiger partial charge in [-0.3, -0.25) is 19.8 Å². The topological polar surface area (TPSA) is 65.1 Å². The summed E-state index contributed by atoms with van der Waals surface area (Å²) in [4.78, 5) is 30.8. The highest BCUT2D eigenvalue weighted by molar-refractivity contribution is 6.35. The number of carbonyl (C=O) groups excluding carboxylic acids is 2. The van der Waals surface area contributed by atoms with Gasteiger partial charge >= 0.3 is 18.2 Å². The van der Waals surface area contributed by atoms with Crippen LogP contribution in [0.5, 0.6) is 5.75 Å². The molecule has 0 radical (unpaired) electrons. The number of rotatable bonds is 4. The Kier molecular flexibility index (Phi) is 6.56. The van der Waals surface area contributed by atoms with E-state index in [-0.39, 0.29) is 29.4 Å². The average molecular weight is 475 g/mol. The molecule has 1 aromatic carbocycles. The van der Waals surface area contributed by atoms with Crippen molar-refractivity contribution in [1.29, 1.82) is 0 Å². The quantitative estimate of drug-likeness (QED) is 0.535. The molecule has 7 nitrogen and oxygen atoms in total. The van der Waals surface area contributed by atoms with Crippen LogP contribution in [0.25, 0.3) is 0 Å². The molecule has 0 saturated carbocycles. The van der Waals surface area contributed by atoms with Gasteiger partial charge in [-0.2, -0.15) is 0 Å². The number of nitrogens with one attached hydrogen (secondary N) is 1. The predicted molar refractivity (Wildman–Crippen MR) is 111 cm³/mol. The maximum Gasteiger partial charge on any atom is 0.573 e. The van der Waals surface area contributed by atoms with E-state index in [4.69, 9.17) is 11.6 Å². The molecule has 0 aliphatic carbocycles. The fourth-order valence-corrected chi connectivity index (χ4v) is 5.13. The highest BCUT2D eigenvalue weighted by Crippen LogP contribution is 2.30. The van der Waals surface area contributed by atoms with Crippen molar-refractivity contribution in [1.82, 2.24) is 20.0 Å². The van der Waals surface area contributed by atoms with Crippen LogP contribution in [0.15, 0.2) is 24.3 Å². The molecule has 3 saturated heterocycles. The Morgan fingerprint density at radius 1 is 1.12 bits per heavy atom. The zero-order chi connectivity index (χ0) is 23.0. The number of carbonyl (C=O) groups is 2. The summed E-state index contributed by atoms with van der Waals surface area (Å²) in [6.07, 6.45) is -2.88. The average Bonchev–Trinajstić information content (AvgIpc) is 2.74. The lowest BCUT2D eigenvalue weighted by Crippen LogP contribution is -2.73. The molecule has 3 aliphatic rings. The number of piperidine rings is 2. The van der Waals surface area contributed by atoms with E-state index >= 15 is 0 Å². The summed E-state index contributed by atoms with van der Waals surface area (Å²) in [5.74, 6) is -1.22. The Bertz CT molecular complexity index is 846. The molecule has 4 rings (SSSR count). The molecular formula is C21H26ClF3N4O3. The van der Waals surface area contributed by atoms with Gasteiger partial charge < -0.3 is 14.5 Å². The van der Waals surface area contributed by atoms with Crippen LogP contribution in [0, 0.1) is 0 Å². The highest BCUT2D eigenvalue weighted by Gasteiger charge is 2.49. The Morgan fingerprint density at radius 3 is 2.41 bits per heavy atom. The van der Waals surface area contributed by atoms with E-state index in [2.05, 4.69) is 15.0 Å². The zero-order valence-electron chi connectivity index (χ0n) is 17.6. The minimum Gasteiger partial charge on any atom is -0.406 e. The zero-order valence-corrected chi connectivity index (χ0v) is 18.4. The number of halogens is 4. The third kappa shape index (κ3) is 4.97. The summed E-state index contributed by atoms with van der Waals surface area (Å²) < 4.78 is 40.8. The summed E-state index contributed by atoms with van der Waals surface area (Å²) in [5, 5.41) is 3.26. The van der Waals surface area contributed by atoms with Gasteiger partial charge in [0, 0.05) is 44.6 Å². The molecule has 3 heterocycles. The van der Waals surface area contributed by atoms with Gasteiger partial charge in [-0.15, -0.1) is 24.8 Å². The van der Waals surface area contributed by atoms with Crippen molar-refractivity contribution in [2.45, 2.75) is 55.8 Å². The second-order valence-corrected chi connectivity index (χ2v) is 9.20. The van der Waals surface area contributed by atoms with Crippen molar-refractivity contribution in [2.75, 3.05) is 26.7 Å². The first-order valence-electron chi connectivity index (χ1n) is 10.7. The SMILES string of the molecule is CN1C(=O)C(=O)N(C2CCN(Cc3ccc(OC(F)(F)F)cc3)CC2)C2NCC(Cl)CC21. The number of likely N-dealkylation sites (tertiary alicyclic amines) is 1. The van der Waals surface area contributed by atoms with E-state index in [0.29, 0.717) is 32.4 Å². The molecule has 0 spiro atoms. The summed E-state index contributed by atoms with van der Waals surface area (Å²) in [6, 6.07) is 5.66. The van der Waals surface area contributed by atoms with E-state index in [0.717, 1.165) is 18.7 Å². The van der Waals surface area contributed by atoms with E-state index in [9.17, 15) is 22.8 Å². The monoisotopic (exact) mass is 474 g/mol. The minimum atomic E-state index is -4.71. The third-order valence-corrected chi connectivity index (χ3v) is 6.79. The van der Waals surface area contributed by atoms with Crippen LogP contribution in [0.3, 0.4) is 0 Å². The van der Waals surface area contributed by atoms with E-state index in [1.165, 1.54) is 17.0 Å². The van der Waals surface area contributed by atoms with Crippen molar-refractivity contribution in [3.63, 3.8) is 0 Å². The number of ether oxygens (including phenoxy) is 1. The van der Waals surface area contributed by atoms with Crippen molar-refractivity contribution in [3.05, 3.63) is 29.8 Å². The molecular weight excluding hydrogens is 449 g/mol. The summed E-state index contributed by atoms with van der Waals surface area (Å²) in [5.41, 5.74) is 0.881. The Hall–Kier alpha value is -2.04. The predicted octanol–water partition coefficient (Wildman–Crippen LogP) is 2.15. The lowest BCUT2D eigenvalue weighted by Gasteiger charge is -2.52. The number of alkyl halides is 4. The standard InChI is InChI=1S/C21H26ClF3N4O3/c1-27-17-10-14(22)11-26-18(17)29(20(31)19(27)30)15-6-8-28(9-7-15)12-13-2-4-16(5-3-13)32-21(23,24)25/h2-5,14-15,17-18,26H,6-12H2,1H3. The molecule has 0 aromatic heterocycles. The maximum atomic E-state index is 12.8. The van der Waals surface area contributed by atoms with Gasteiger partial charge in [-0.1, -0.05) is 12.1 Å². The molecule has 3 atom stereocenters. The molecule has 0 bridgehead atoms. The fraction of sp³-hybridized carbons (Fsp3) is 0.619. The Balaban J connectivity index is 1.36. The van der Waals surface area contributed by atoms with Gasteiger partial charge in [-0.25, -0.2) is 0 Å². The van der Waals surface area contributed by atoms with Crippen LogP contribution in [-0.2, 0) is 16.1 Å². The molecule has 3 aliphatic heterocycles. The summed E-state index contributed by atoms with van der Waals surface area (Å²) in [6.45, 7) is 2.61. The van der Waals surface area contributed by atoms with E-state index < -0.39 is 18.2 Å². The first-order valence-corrected chi connectivity index (χ1v) is 11.1. The van der Waals surface area contributed by atoms with Crippen LogP contribution >= 0.6 is 11.6 Å². The van der Waals surface area contributed by atoms with Crippen molar-refractivity contribution >= 4 is 23.4 Å². The van der Waals surface area contributed by atoms with Gasteiger partial charge in [0.25, 0.3) is 0 Å². The Labute approximate surface area is 189 Å². The molecule has 2 amide bonds. The lowest BCUT2D eigenvalue weighted by molar-refractivity contribution is -0.274. The minimum absolute atomic E-state index is 0.0502. The summed E-state index contributed by atoms with van der Waals surface area (Å²) in [7, 11) is 1.65. The molecule has 176 valence electrons.